The summed E-state index contributed by atoms with van der Waals surface area (Å²) in [4.78, 5) is 10.1. The van der Waals surface area contributed by atoms with Crippen molar-refractivity contribution in [2.45, 2.75) is 145 Å². The minimum absolute atomic E-state index is 0.0822. The Hall–Kier alpha value is -6.26. The van der Waals surface area contributed by atoms with Crippen molar-refractivity contribution in [3.63, 3.8) is 0 Å². The number of pyridine rings is 1. The molecule has 0 atom stereocenters. The van der Waals surface area contributed by atoms with Gasteiger partial charge in [-0.1, -0.05) is 202 Å². The molecule has 0 bridgehead atoms. The lowest BCUT2D eigenvalue weighted by Crippen LogP contribution is -2.34. The van der Waals surface area contributed by atoms with Crippen molar-refractivity contribution in [1.82, 2.24) is 14.5 Å². The van der Waals surface area contributed by atoms with Crippen LogP contribution < -0.4 is 0 Å². The molecule has 2 heterocycles. The van der Waals surface area contributed by atoms with E-state index in [0.717, 1.165) is 39.1 Å². The van der Waals surface area contributed by atoms with Crippen LogP contribution in [0, 0.1) is 5.41 Å². The Kier molecular flexibility index (Phi) is 8.16. The van der Waals surface area contributed by atoms with Gasteiger partial charge in [0, 0.05) is 40.8 Å². The van der Waals surface area contributed by atoms with E-state index in [2.05, 4.69) is 122 Å². The third-order valence-corrected chi connectivity index (χ3v) is 13.9. The number of phenolic OH excluding ortho intramolecular Hbond substituents is 1. The molecule has 1 N–H and O–H groups in total. The fourth-order valence-electron chi connectivity index (χ4n) is 8.53. The van der Waals surface area contributed by atoms with E-state index in [9.17, 15) is 9.22 Å². The van der Waals surface area contributed by atoms with Crippen LogP contribution in [0.1, 0.15) is 167 Å². The van der Waals surface area contributed by atoms with Crippen LogP contribution >= 0.6 is 0 Å². The minimum atomic E-state index is -3.93. The number of fused-ring (bicyclic) bond motifs is 1. The molecule has 0 fully saturated rings. The zero-order valence-electron chi connectivity index (χ0n) is 58.5. The van der Waals surface area contributed by atoms with Gasteiger partial charge in [0.2, 0.25) is 0 Å². The van der Waals surface area contributed by atoms with Crippen molar-refractivity contribution < 1.29 is 27.0 Å². The molecule has 356 valence electrons. The molecule has 8 aromatic rings. The Morgan fingerprint density at radius 1 is 0.507 bits per heavy atom. The number of phenols is 1. The summed E-state index contributed by atoms with van der Waals surface area (Å²) in [7, 11) is 0. The van der Waals surface area contributed by atoms with Gasteiger partial charge >= 0.3 is 0 Å². The summed E-state index contributed by atoms with van der Waals surface area (Å²) in [5, 5.41) is 12.7. The minimum Gasteiger partial charge on any atom is -0.507 e. The average Bonchev–Trinajstić information content (AvgIpc) is 0.946. The monoisotopic (exact) mass is 930 g/mol. The first kappa shape index (κ1) is 32.5. The van der Waals surface area contributed by atoms with Crippen LogP contribution in [0.3, 0.4) is 0 Å². The zero-order chi connectivity index (χ0) is 63.8. The smallest absolute Gasteiger partial charge is 0.149 e. The molecular weight excluding hydrogens is 839 g/mol. The summed E-state index contributed by atoms with van der Waals surface area (Å²) in [6.07, 6.45) is -0.727. The van der Waals surface area contributed by atoms with Crippen LogP contribution in [0.25, 0.3) is 72.7 Å². The van der Waals surface area contributed by atoms with Crippen molar-refractivity contribution in [3.8, 4) is 67.5 Å². The second-order valence-electron chi connectivity index (χ2n) is 23.1. The molecule has 4 heteroatoms. The van der Waals surface area contributed by atoms with Gasteiger partial charge < -0.3 is 5.11 Å². The standard InChI is InChI=1S/C65H75N3O/c1-60(2,3)46-28-26-41(27-29-46)43-32-33-66-54(37-43)45-34-44(35-48(36-45)61(4,5)6)50-24-21-25-56-57(50)67-59(52-39-49(62(7,8)9)40-53(58(52)69)63(10,11)12)68(56)55-31-30-47(65(16,17)64(13,14)15)38-51(55)42-22-19-18-20-23-42/h18-40,69H,1-17H3/i1D3,2D3,3D3,26D,27D,28D,29D,32D,33D,37D. The van der Waals surface area contributed by atoms with Crippen LogP contribution in [0.5, 0.6) is 5.75 Å². The van der Waals surface area contributed by atoms with E-state index in [-0.39, 0.29) is 33.3 Å². The van der Waals surface area contributed by atoms with Gasteiger partial charge in [-0.3, -0.25) is 9.55 Å². The lowest BCUT2D eigenvalue weighted by molar-refractivity contribution is 0.225. The fraction of sp³-hybridized carbons (Fsp3) is 0.354. The van der Waals surface area contributed by atoms with E-state index in [1.54, 1.807) is 12.1 Å². The molecule has 0 radical (unpaired) electrons. The normalized spacial score (nSPS) is 17.0. The number of benzene rings is 6. The number of hydrogen-bond acceptors (Lipinski definition) is 3. The Balaban J connectivity index is 1.48. The Morgan fingerprint density at radius 3 is 1.77 bits per heavy atom. The molecule has 0 spiro atoms. The van der Waals surface area contributed by atoms with Crippen molar-refractivity contribution in [1.29, 1.82) is 0 Å². The molecule has 0 aliphatic rings. The highest BCUT2D eigenvalue weighted by Crippen LogP contribution is 2.48. The highest BCUT2D eigenvalue weighted by atomic mass is 16.3. The molecule has 0 saturated heterocycles. The maximum absolute atomic E-state index is 12.7. The summed E-state index contributed by atoms with van der Waals surface area (Å²) >= 11 is 0. The molecule has 2 aromatic heterocycles. The maximum atomic E-state index is 12.7. The summed E-state index contributed by atoms with van der Waals surface area (Å²) in [5.41, 5.74) is 0.793. The highest BCUT2D eigenvalue weighted by Gasteiger charge is 2.36. The number of para-hydroxylation sites is 1. The van der Waals surface area contributed by atoms with Crippen LogP contribution in [-0.2, 0) is 27.1 Å². The number of rotatable bonds is 7. The van der Waals surface area contributed by atoms with Crippen LogP contribution in [0.15, 0.2) is 139 Å². The van der Waals surface area contributed by atoms with E-state index in [0.29, 0.717) is 33.5 Å². The number of nitrogens with zero attached hydrogens (tertiary/aromatic N) is 3. The third-order valence-electron chi connectivity index (χ3n) is 13.9. The predicted octanol–water partition coefficient (Wildman–Crippen LogP) is 18.0. The number of hydrogen-bond donors (Lipinski definition) is 1. The van der Waals surface area contributed by atoms with Crippen molar-refractivity contribution >= 4 is 11.0 Å². The van der Waals surface area contributed by atoms with Gasteiger partial charge in [-0.2, -0.15) is 0 Å². The zero-order valence-corrected chi connectivity index (χ0v) is 42.5. The Bertz CT molecular complexity index is 3890. The van der Waals surface area contributed by atoms with Crippen molar-refractivity contribution in [3.05, 3.63) is 167 Å². The largest absolute Gasteiger partial charge is 0.507 e. The Labute approximate surface area is 436 Å². The van der Waals surface area contributed by atoms with Crippen LogP contribution in [0.4, 0.5) is 0 Å². The predicted molar refractivity (Wildman–Crippen MR) is 295 cm³/mol. The quantitative estimate of drug-likeness (QED) is 0.173. The lowest BCUT2D eigenvalue weighted by Gasteiger charge is -2.40. The van der Waals surface area contributed by atoms with Gasteiger partial charge in [0.15, 0.2) is 0 Å². The Morgan fingerprint density at radius 2 is 1.14 bits per heavy atom. The van der Waals surface area contributed by atoms with E-state index < -0.39 is 95.9 Å². The lowest BCUT2D eigenvalue weighted by atomic mass is 9.65. The molecule has 4 nitrogen and oxygen atoms in total. The van der Waals surface area contributed by atoms with Crippen molar-refractivity contribution in [2.75, 3.05) is 0 Å². The number of aromatic nitrogens is 3. The molecule has 0 saturated carbocycles. The summed E-state index contributed by atoms with van der Waals surface area (Å²) in [6.45, 7) is 18.0. The van der Waals surface area contributed by atoms with Gasteiger partial charge in [-0.05, 0) is 125 Å². The number of imidazole rings is 1. The first-order chi connectivity index (χ1) is 38.7. The van der Waals surface area contributed by atoms with Gasteiger partial charge in [-0.25, -0.2) is 4.98 Å². The van der Waals surface area contributed by atoms with E-state index in [1.807, 2.05) is 69.3 Å². The molecule has 69 heavy (non-hydrogen) atoms. The molecule has 6 aromatic carbocycles. The summed E-state index contributed by atoms with van der Waals surface area (Å²) in [5.74, 6) is 0.548. The first-order valence-electron chi connectivity index (χ1n) is 31.6. The number of aromatic hydroxyl groups is 1. The molecule has 0 unspecified atom stereocenters. The second-order valence-corrected chi connectivity index (χ2v) is 23.1. The highest BCUT2D eigenvalue weighted by molar-refractivity contribution is 5.98. The van der Waals surface area contributed by atoms with E-state index >= 15 is 0 Å². The summed E-state index contributed by atoms with van der Waals surface area (Å²) < 4.78 is 141. The van der Waals surface area contributed by atoms with E-state index in [1.165, 1.54) is 0 Å². The topological polar surface area (TPSA) is 50.9 Å². The van der Waals surface area contributed by atoms with Gasteiger partial charge in [0.1, 0.15) is 11.6 Å². The van der Waals surface area contributed by atoms with Gasteiger partial charge in [0.05, 0.1) is 37.6 Å². The molecule has 0 amide bonds. The van der Waals surface area contributed by atoms with Crippen molar-refractivity contribution in [2.24, 2.45) is 5.41 Å². The summed E-state index contributed by atoms with van der Waals surface area (Å²) in [6, 6.07) is 25.9. The molecule has 0 aliphatic heterocycles. The fourth-order valence-corrected chi connectivity index (χ4v) is 8.53. The third kappa shape index (κ3) is 9.57. The first-order valence-corrected chi connectivity index (χ1v) is 23.6. The second kappa shape index (κ2) is 17.3. The SMILES string of the molecule is [2H]c1nc(-c2cc(-c3cccc4c3nc(-c3cc(C(C)(C)C)cc(C(C)(C)C)c3O)n4-c3ccc(C(C)(C)C(C)(C)C)cc3-c3ccccc3)cc(C(C)(C)C)c2)c([2H])c(-c2c([2H])c([2H])c(C(C([2H])([2H])[2H])(C([2H])([2H])[2H])C([2H])([2H])[2H])c([2H])c2[2H])c1[2H]. The maximum Gasteiger partial charge on any atom is 0.149 e. The molecular formula is C65H75N3O. The molecule has 8 rings (SSSR count). The average molecular weight is 930 g/mol. The van der Waals surface area contributed by atoms with Gasteiger partial charge in [-0.15, -0.1) is 0 Å². The van der Waals surface area contributed by atoms with Gasteiger partial charge in [0.25, 0.3) is 0 Å². The van der Waals surface area contributed by atoms with Crippen LogP contribution in [0.2, 0.25) is 0 Å². The molecule has 0 aliphatic carbocycles. The van der Waals surface area contributed by atoms with E-state index in [4.69, 9.17) is 22.8 Å². The van der Waals surface area contributed by atoms with Crippen LogP contribution in [-0.4, -0.2) is 19.6 Å².